The summed E-state index contributed by atoms with van der Waals surface area (Å²) in [6.45, 7) is 2.63. The third-order valence-corrected chi connectivity index (χ3v) is 3.12. The monoisotopic (exact) mass is 263 g/mol. The van der Waals surface area contributed by atoms with Gasteiger partial charge in [-0.15, -0.1) is 0 Å². The lowest BCUT2D eigenvalue weighted by Gasteiger charge is -2.14. The molecule has 0 bridgehead atoms. The van der Waals surface area contributed by atoms with Gasteiger partial charge in [-0.2, -0.15) is 0 Å². The molecule has 0 heterocycles. The number of benzene rings is 1. The minimum atomic E-state index is -0.388. The van der Waals surface area contributed by atoms with Crippen LogP contribution in [0.25, 0.3) is 0 Å². The lowest BCUT2D eigenvalue weighted by Crippen LogP contribution is -2.40. The Morgan fingerprint density at radius 2 is 1.95 bits per heavy atom. The van der Waals surface area contributed by atoms with E-state index < -0.39 is 0 Å². The van der Waals surface area contributed by atoms with E-state index in [-0.39, 0.29) is 11.9 Å². The Morgan fingerprint density at radius 1 is 1.32 bits per heavy atom. The number of nitrogens with one attached hydrogen (secondary N) is 1. The normalized spacial score (nSPS) is 12.0. The first-order valence-corrected chi connectivity index (χ1v) is 6.84. The van der Waals surface area contributed by atoms with E-state index in [0.29, 0.717) is 6.54 Å². The second kappa shape index (κ2) is 7.79. The van der Waals surface area contributed by atoms with Crippen LogP contribution in [-0.4, -0.2) is 26.0 Å². The van der Waals surface area contributed by atoms with Gasteiger partial charge in [0, 0.05) is 26.3 Å². The van der Waals surface area contributed by atoms with Crippen LogP contribution in [-0.2, 0) is 11.3 Å². The number of hydrogen-bond acceptors (Lipinski definition) is 3. The summed E-state index contributed by atoms with van der Waals surface area (Å²) in [7, 11) is 4.01. The van der Waals surface area contributed by atoms with Gasteiger partial charge in [0.05, 0.1) is 6.04 Å². The molecule has 4 heteroatoms. The van der Waals surface area contributed by atoms with E-state index in [9.17, 15) is 4.79 Å². The van der Waals surface area contributed by atoms with Crippen molar-refractivity contribution in [3.8, 4) is 0 Å². The fourth-order valence-corrected chi connectivity index (χ4v) is 1.79. The SMILES string of the molecule is CCCC[C@H](N)C(=O)NCc1ccc(N(C)C)cc1. The molecular formula is C15H25N3O. The quantitative estimate of drug-likeness (QED) is 0.790. The summed E-state index contributed by atoms with van der Waals surface area (Å²) in [6, 6.07) is 7.73. The van der Waals surface area contributed by atoms with E-state index in [2.05, 4.69) is 12.2 Å². The Balaban J connectivity index is 2.41. The maximum Gasteiger partial charge on any atom is 0.237 e. The maximum absolute atomic E-state index is 11.8. The molecule has 3 N–H and O–H groups in total. The molecule has 1 aromatic rings. The van der Waals surface area contributed by atoms with E-state index >= 15 is 0 Å². The van der Waals surface area contributed by atoms with Crippen LogP contribution in [0, 0.1) is 0 Å². The molecule has 1 rings (SSSR count). The summed E-state index contributed by atoms with van der Waals surface area (Å²) in [6.07, 6.45) is 2.81. The van der Waals surface area contributed by atoms with Gasteiger partial charge in [-0.1, -0.05) is 31.9 Å². The standard InChI is InChI=1S/C15H25N3O/c1-4-5-6-14(16)15(19)17-11-12-7-9-13(10-8-12)18(2)3/h7-10,14H,4-6,11,16H2,1-3H3,(H,17,19)/t14-/m0/s1. The van der Waals surface area contributed by atoms with Crippen LogP contribution in [0.2, 0.25) is 0 Å². The van der Waals surface area contributed by atoms with E-state index in [1.54, 1.807) is 0 Å². The number of unbranched alkanes of at least 4 members (excludes halogenated alkanes) is 1. The molecular weight excluding hydrogens is 238 g/mol. The summed E-state index contributed by atoms with van der Waals surface area (Å²) in [5, 5.41) is 2.88. The highest BCUT2D eigenvalue weighted by molar-refractivity contribution is 5.81. The number of nitrogens with two attached hydrogens (primary N) is 1. The highest BCUT2D eigenvalue weighted by Gasteiger charge is 2.11. The van der Waals surface area contributed by atoms with E-state index in [0.717, 1.165) is 30.5 Å². The third kappa shape index (κ3) is 5.30. The van der Waals surface area contributed by atoms with Crippen LogP contribution in [0.5, 0.6) is 0 Å². The number of nitrogens with zero attached hydrogens (tertiary/aromatic N) is 1. The Morgan fingerprint density at radius 3 is 2.47 bits per heavy atom. The van der Waals surface area contributed by atoms with Crippen molar-refractivity contribution in [1.82, 2.24) is 5.32 Å². The first-order chi connectivity index (χ1) is 9.04. The smallest absolute Gasteiger partial charge is 0.237 e. The van der Waals surface area contributed by atoms with Crippen LogP contribution in [0.15, 0.2) is 24.3 Å². The summed E-state index contributed by atoms with van der Waals surface area (Å²) in [5.74, 6) is -0.0647. The van der Waals surface area contributed by atoms with Crippen molar-refractivity contribution in [1.29, 1.82) is 0 Å². The van der Waals surface area contributed by atoms with Crippen molar-refractivity contribution in [3.05, 3.63) is 29.8 Å². The molecule has 1 atom stereocenters. The van der Waals surface area contributed by atoms with Crippen LogP contribution < -0.4 is 16.0 Å². The van der Waals surface area contributed by atoms with Crippen molar-refractivity contribution in [2.75, 3.05) is 19.0 Å². The minimum absolute atomic E-state index is 0.0647. The summed E-state index contributed by atoms with van der Waals surface area (Å²) in [4.78, 5) is 13.8. The molecule has 0 aliphatic heterocycles. The van der Waals surface area contributed by atoms with Crippen LogP contribution in [0.4, 0.5) is 5.69 Å². The Kier molecular flexibility index (Phi) is 6.36. The van der Waals surface area contributed by atoms with Gasteiger partial charge < -0.3 is 16.0 Å². The van der Waals surface area contributed by atoms with Gasteiger partial charge in [0.1, 0.15) is 0 Å². The zero-order valence-corrected chi connectivity index (χ0v) is 12.1. The highest BCUT2D eigenvalue weighted by atomic mass is 16.2. The summed E-state index contributed by atoms with van der Waals surface area (Å²) in [5.41, 5.74) is 8.05. The van der Waals surface area contributed by atoms with Gasteiger partial charge in [-0.05, 0) is 24.1 Å². The Labute approximate surface area is 116 Å². The number of anilines is 1. The molecule has 0 fully saturated rings. The molecule has 19 heavy (non-hydrogen) atoms. The highest BCUT2D eigenvalue weighted by Crippen LogP contribution is 2.12. The number of carbonyl (C=O) groups excluding carboxylic acids is 1. The summed E-state index contributed by atoms with van der Waals surface area (Å²) >= 11 is 0. The first-order valence-electron chi connectivity index (χ1n) is 6.84. The van der Waals surface area contributed by atoms with Gasteiger partial charge in [-0.25, -0.2) is 0 Å². The predicted molar refractivity (Wildman–Crippen MR) is 80.1 cm³/mol. The lowest BCUT2D eigenvalue weighted by atomic mass is 10.1. The topological polar surface area (TPSA) is 58.4 Å². The third-order valence-electron chi connectivity index (χ3n) is 3.12. The van der Waals surface area contributed by atoms with E-state index in [4.69, 9.17) is 5.73 Å². The molecule has 1 amide bonds. The number of amides is 1. The molecule has 0 aromatic heterocycles. The van der Waals surface area contributed by atoms with Gasteiger partial charge in [0.15, 0.2) is 0 Å². The minimum Gasteiger partial charge on any atom is -0.378 e. The zero-order valence-electron chi connectivity index (χ0n) is 12.1. The van der Waals surface area contributed by atoms with E-state index in [1.807, 2.05) is 43.3 Å². The predicted octanol–water partition coefficient (Wildman–Crippen LogP) is 1.89. The van der Waals surface area contributed by atoms with Gasteiger partial charge in [0.25, 0.3) is 0 Å². The Bertz CT molecular complexity index is 387. The number of hydrogen-bond donors (Lipinski definition) is 2. The largest absolute Gasteiger partial charge is 0.378 e. The molecule has 0 saturated heterocycles. The van der Waals surface area contributed by atoms with E-state index in [1.165, 1.54) is 0 Å². The fraction of sp³-hybridized carbons (Fsp3) is 0.533. The van der Waals surface area contributed by atoms with Gasteiger partial charge >= 0.3 is 0 Å². The zero-order chi connectivity index (χ0) is 14.3. The van der Waals surface area contributed by atoms with Crippen molar-refractivity contribution in [3.63, 3.8) is 0 Å². The molecule has 0 unspecified atom stereocenters. The molecule has 0 radical (unpaired) electrons. The average molecular weight is 263 g/mol. The number of rotatable bonds is 7. The molecule has 1 aromatic carbocycles. The lowest BCUT2D eigenvalue weighted by molar-refractivity contribution is -0.122. The molecule has 0 aliphatic carbocycles. The Hall–Kier alpha value is -1.55. The molecule has 0 spiro atoms. The first kappa shape index (κ1) is 15.5. The summed E-state index contributed by atoms with van der Waals surface area (Å²) < 4.78 is 0. The van der Waals surface area contributed by atoms with Crippen LogP contribution in [0.3, 0.4) is 0 Å². The second-order valence-electron chi connectivity index (χ2n) is 5.03. The maximum atomic E-state index is 11.8. The van der Waals surface area contributed by atoms with Gasteiger partial charge in [0.2, 0.25) is 5.91 Å². The second-order valence-corrected chi connectivity index (χ2v) is 5.03. The average Bonchev–Trinajstić information content (AvgIpc) is 2.42. The number of carbonyl (C=O) groups is 1. The van der Waals surface area contributed by atoms with Crippen LogP contribution >= 0.6 is 0 Å². The molecule has 0 aliphatic rings. The van der Waals surface area contributed by atoms with Crippen molar-refractivity contribution < 1.29 is 4.79 Å². The molecule has 106 valence electrons. The van der Waals surface area contributed by atoms with Crippen molar-refractivity contribution in [2.45, 2.75) is 38.8 Å². The molecule has 4 nitrogen and oxygen atoms in total. The van der Waals surface area contributed by atoms with Crippen molar-refractivity contribution >= 4 is 11.6 Å². The molecule has 0 saturated carbocycles. The van der Waals surface area contributed by atoms with Crippen LogP contribution in [0.1, 0.15) is 31.7 Å². The fourth-order valence-electron chi connectivity index (χ4n) is 1.79. The van der Waals surface area contributed by atoms with Crippen molar-refractivity contribution in [2.24, 2.45) is 5.73 Å². The van der Waals surface area contributed by atoms with Gasteiger partial charge in [-0.3, -0.25) is 4.79 Å².